The number of rotatable bonds is 7. The van der Waals surface area contributed by atoms with Gasteiger partial charge in [0.1, 0.15) is 17.4 Å². The number of anilines is 1. The zero-order valence-electron chi connectivity index (χ0n) is 17.2. The number of amides is 1. The van der Waals surface area contributed by atoms with Crippen molar-refractivity contribution in [1.82, 2.24) is 0 Å². The number of carbonyl (C=O) groups excluding carboxylic acids is 1. The first-order chi connectivity index (χ1) is 15.4. The molecule has 0 aliphatic heterocycles. The van der Waals surface area contributed by atoms with Crippen LogP contribution in [0.5, 0.6) is 5.75 Å². The highest BCUT2D eigenvalue weighted by atomic mass is 35.5. The average molecular weight is 486 g/mol. The summed E-state index contributed by atoms with van der Waals surface area (Å²) in [5.41, 5.74) is 2.73. The number of hydrogen-bond donors (Lipinski definition) is 1. The smallest absolute Gasteiger partial charge is 0.266 e. The van der Waals surface area contributed by atoms with E-state index in [0.717, 1.165) is 11.1 Å². The summed E-state index contributed by atoms with van der Waals surface area (Å²) in [5.74, 6) is 0.0330. The van der Waals surface area contributed by atoms with Crippen molar-refractivity contribution in [3.05, 3.63) is 98.0 Å². The summed E-state index contributed by atoms with van der Waals surface area (Å²) in [4.78, 5) is 12.6. The fourth-order valence-electron chi connectivity index (χ4n) is 3.05. The van der Waals surface area contributed by atoms with E-state index < -0.39 is 5.91 Å². The third-order valence-electron chi connectivity index (χ3n) is 4.58. The second-order valence-electron chi connectivity index (χ2n) is 6.81. The summed E-state index contributed by atoms with van der Waals surface area (Å²) in [6, 6.07) is 19.5. The lowest BCUT2D eigenvalue weighted by Crippen LogP contribution is -2.13. The van der Waals surface area contributed by atoms with Crippen LogP contribution in [-0.4, -0.2) is 12.5 Å². The maximum atomic E-state index is 12.6. The zero-order valence-corrected chi connectivity index (χ0v) is 19.4. The number of nitrogens with zero attached hydrogens (tertiary/aromatic N) is 1. The SMILES string of the molecule is CCOc1cc(/C=C(\C#N)C(=O)Nc2ccc(Cl)cc2)cc(Cl)c1Cc1ccccc1Cl. The van der Waals surface area contributed by atoms with Crippen molar-refractivity contribution in [2.45, 2.75) is 13.3 Å². The minimum Gasteiger partial charge on any atom is -0.494 e. The first kappa shape index (κ1) is 23.7. The molecule has 0 bridgehead atoms. The van der Waals surface area contributed by atoms with E-state index >= 15 is 0 Å². The minimum absolute atomic E-state index is 0.0719. The first-order valence-electron chi connectivity index (χ1n) is 9.78. The van der Waals surface area contributed by atoms with Crippen molar-refractivity contribution in [3.63, 3.8) is 0 Å². The summed E-state index contributed by atoms with van der Waals surface area (Å²) in [6.07, 6.45) is 1.96. The van der Waals surface area contributed by atoms with Crippen LogP contribution in [0.25, 0.3) is 6.08 Å². The minimum atomic E-state index is -0.538. The summed E-state index contributed by atoms with van der Waals surface area (Å²) < 4.78 is 5.80. The Hall–Kier alpha value is -2.97. The first-order valence-corrected chi connectivity index (χ1v) is 10.9. The molecule has 4 nitrogen and oxygen atoms in total. The summed E-state index contributed by atoms with van der Waals surface area (Å²) in [7, 11) is 0. The lowest BCUT2D eigenvalue weighted by atomic mass is 10.0. The molecule has 0 aromatic heterocycles. The summed E-state index contributed by atoms with van der Waals surface area (Å²) in [6.45, 7) is 2.30. The van der Waals surface area contributed by atoms with E-state index in [1.807, 2.05) is 37.3 Å². The van der Waals surface area contributed by atoms with Gasteiger partial charge in [0.05, 0.1) is 6.61 Å². The highest BCUT2D eigenvalue weighted by Crippen LogP contribution is 2.33. The van der Waals surface area contributed by atoms with E-state index in [-0.39, 0.29) is 5.57 Å². The topological polar surface area (TPSA) is 62.1 Å². The lowest BCUT2D eigenvalue weighted by Gasteiger charge is -2.14. The molecule has 1 N–H and O–H groups in total. The van der Waals surface area contributed by atoms with Crippen molar-refractivity contribution in [3.8, 4) is 11.8 Å². The van der Waals surface area contributed by atoms with Crippen molar-refractivity contribution < 1.29 is 9.53 Å². The summed E-state index contributed by atoms with van der Waals surface area (Å²) >= 11 is 18.7. The molecule has 0 aliphatic carbocycles. The molecule has 0 aliphatic rings. The van der Waals surface area contributed by atoms with E-state index in [9.17, 15) is 10.1 Å². The van der Waals surface area contributed by atoms with Gasteiger partial charge in [-0.2, -0.15) is 5.26 Å². The quantitative estimate of drug-likeness (QED) is 0.285. The van der Waals surface area contributed by atoms with Gasteiger partial charge in [-0.3, -0.25) is 4.79 Å². The molecule has 1 amide bonds. The van der Waals surface area contributed by atoms with E-state index in [0.29, 0.717) is 45.1 Å². The molecule has 0 radical (unpaired) electrons. The largest absolute Gasteiger partial charge is 0.494 e. The standard InChI is InChI=1S/C25H19Cl3N2O2/c1-2-32-24-13-16(12-23(28)21(24)14-17-5-3-4-6-22(17)27)11-18(15-29)25(31)30-20-9-7-19(26)8-10-20/h3-13H,2,14H2,1H3,(H,30,31)/b18-11+. The van der Waals surface area contributed by atoms with E-state index in [2.05, 4.69) is 5.32 Å². The van der Waals surface area contributed by atoms with Crippen molar-refractivity contribution in [1.29, 1.82) is 5.26 Å². The molecular weight excluding hydrogens is 467 g/mol. The van der Waals surface area contributed by atoms with Gasteiger partial charge >= 0.3 is 0 Å². The van der Waals surface area contributed by atoms with Gasteiger partial charge < -0.3 is 10.1 Å². The molecule has 3 aromatic rings. The van der Waals surface area contributed by atoms with Gasteiger partial charge in [0.25, 0.3) is 5.91 Å². The highest BCUT2D eigenvalue weighted by Gasteiger charge is 2.15. The maximum Gasteiger partial charge on any atom is 0.266 e. The van der Waals surface area contributed by atoms with Gasteiger partial charge in [0.15, 0.2) is 0 Å². The van der Waals surface area contributed by atoms with Crippen molar-refractivity contribution >= 4 is 52.5 Å². The lowest BCUT2D eigenvalue weighted by molar-refractivity contribution is -0.112. The summed E-state index contributed by atoms with van der Waals surface area (Å²) in [5, 5.41) is 13.8. The molecule has 0 heterocycles. The van der Waals surface area contributed by atoms with Crippen LogP contribution < -0.4 is 10.1 Å². The van der Waals surface area contributed by atoms with E-state index in [4.69, 9.17) is 39.5 Å². The Kier molecular flexibility index (Phi) is 8.19. The number of ether oxygens (including phenoxy) is 1. The maximum absolute atomic E-state index is 12.6. The fraction of sp³-hybridized carbons (Fsp3) is 0.120. The fourth-order valence-corrected chi connectivity index (χ4v) is 3.66. The Bertz CT molecular complexity index is 1200. The second kappa shape index (κ2) is 11.1. The zero-order chi connectivity index (χ0) is 23.1. The molecule has 0 saturated heterocycles. The molecular formula is C25H19Cl3N2O2. The van der Waals surface area contributed by atoms with E-state index in [1.165, 1.54) is 6.08 Å². The third kappa shape index (κ3) is 6.05. The monoisotopic (exact) mass is 484 g/mol. The Labute approximate surface area is 202 Å². The van der Waals surface area contributed by atoms with Gasteiger partial charge in [0, 0.05) is 32.7 Å². The Morgan fingerprint density at radius 3 is 2.44 bits per heavy atom. The Morgan fingerprint density at radius 2 is 1.78 bits per heavy atom. The normalized spacial score (nSPS) is 11.0. The van der Waals surface area contributed by atoms with Crippen LogP contribution in [0.1, 0.15) is 23.6 Å². The molecule has 3 aromatic carbocycles. The van der Waals surface area contributed by atoms with Crippen LogP contribution in [0, 0.1) is 11.3 Å². The molecule has 32 heavy (non-hydrogen) atoms. The molecule has 0 atom stereocenters. The van der Waals surface area contributed by atoms with Crippen LogP contribution in [0.2, 0.25) is 15.1 Å². The number of nitrogens with one attached hydrogen (secondary N) is 1. The van der Waals surface area contributed by atoms with Gasteiger partial charge in [-0.05, 0) is 66.6 Å². The van der Waals surface area contributed by atoms with Crippen molar-refractivity contribution in [2.24, 2.45) is 0 Å². The van der Waals surface area contributed by atoms with Gasteiger partial charge in [-0.15, -0.1) is 0 Å². The molecule has 0 fully saturated rings. The van der Waals surface area contributed by atoms with Crippen LogP contribution >= 0.6 is 34.8 Å². The Balaban J connectivity index is 1.91. The second-order valence-corrected chi connectivity index (χ2v) is 8.06. The number of hydrogen-bond acceptors (Lipinski definition) is 3. The predicted octanol–water partition coefficient (Wildman–Crippen LogP) is 7.18. The van der Waals surface area contributed by atoms with Gasteiger partial charge in [0.2, 0.25) is 0 Å². The predicted molar refractivity (Wildman–Crippen MR) is 131 cm³/mol. The van der Waals surface area contributed by atoms with Crippen LogP contribution in [0.3, 0.4) is 0 Å². The van der Waals surface area contributed by atoms with Crippen LogP contribution in [-0.2, 0) is 11.2 Å². The number of nitriles is 1. The number of carbonyl (C=O) groups is 1. The number of halogens is 3. The highest BCUT2D eigenvalue weighted by molar-refractivity contribution is 6.32. The third-order valence-corrected chi connectivity index (χ3v) is 5.54. The van der Waals surface area contributed by atoms with Gasteiger partial charge in [-0.25, -0.2) is 0 Å². The molecule has 162 valence electrons. The van der Waals surface area contributed by atoms with Crippen LogP contribution in [0.4, 0.5) is 5.69 Å². The Morgan fingerprint density at radius 1 is 1.06 bits per heavy atom. The molecule has 3 rings (SSSR count). The molecule has 0 spiro atoms. The van der Waals surface area contributed by atoms with E-state index in [1.54, 1.807) is 36.4 Å². The van der Waals surface area contributed by atoms with Crippen molar-refractivity contribution in [2.75, 3.05) is 11.9 Å². The molecule has 0 saturated carbocycles. The van der Waals surface area contributed by atoms with Crippen LogP contribution in [0.15, 0.2) is 66.2 Å². The molecule has 7 heteroatoms. The number of benzene rings is 3. The average Bonchev–Trinajstić information content (AvgIpc) is 2.77. The van der Waals surface area contributed by atoms with Gasteiger partial charge in [-0.1, -0.05) is 53.0 Å². The molecule has 0 unspecified atom stereocenters.